The van der Waals surface area contributed by atoms with Crippen LogP contribution in [0.3, 0.4) is 0 Å². The number of aryl methyl sites for hydroxylation is 1. The molecule has 0 fully saturated rings. The highest BCUT2D eigenvalue weighted by atomic mass is 35.5. The fraction of sp³-hybridized carbons (Fsp3) is 0.286. The van der Waals surface area contributed by atoms with E-state index in [2.05, 4.69) is 10.4 Å². The van der Waals surface area contributed by atoms with E-state index in [0.717, 1.165) is 11.1 Å². The highest BCUT2D eigenvalue weighted by Crippen LogP contribution is 2.42. The third-order valence-electron chi connectivity index (χ3n) is 4.10. The number of nitrogens with one attached hydrogen (secondary N) is 1. The van der Waals surface area contributed by atoms with Crippen LogP contribution < -0.4 is 14.8 Å². The van der Waals surface area contributed by atoms with Gasteiger partial charge in [0.1, 0.15) is 30.1 Å². The number of amides is 2. The lowest BCUT2D eigenvalue weighted by Gasteiger charge is -2.22. The molecule has 0 spiro atoms. The van der Waals surface area contributed by atoms with Crippen molar-refractivity contribution in [1.29, 1.82) is 0 Å². The van der Waals surface area contributed by atoms with Gasteiger partial charge in [-0.3, -0.25) is 9.59 Å². The van der Waals surface area contributed by atoms with Gasteiger partial charge in [0.25, 0.3) is 0 Å². The van der Waals surface area contributed by atoms with Crippen molar-refractivity contribution in [2.75, 3.05) is 13.2 Å². The first-order chi connectivity index (χ1) is 14.3. The minimum Gasteiger partial charge on any atom is -0.490 e. The lowest BCUT2D eigenvalue weighted by molar-refractivity contribution is -0.129. The second kappa shape index (κ2) is 9.86. The van der Waals surface area contributed by atoms with E-state index in [9.17, 15) is 9.59 Å². The fourth-order valence-corrected chi connectivity index (χ4v) is 4.08. The summed E-state index contributed by atoms with van der Waals surface area (Å²) in [5.74, 6) is 0.856. The average Bonchev–Trinajstić information content (AvgIpc) is 3.10. The highest BCUT2D eigenvalue weighted by Gasteiger charge is 2.34. The van der Waals surface area contributed by atoms with Crippen LogP contribution in [0.2, 0.25) is 5.02 Å². The van der Waals surface area contributed by atoms with Gasteiger partial charge < -0.3 is 14.8 Å². The van der Waals surface area contributed by atoms with Crippen LogP contribution in [0.25, 0.3) is 0 Å². The monoisotopic (exact) mass is 447 g/mol. The Morgan fingerprint density at radius 2 is 1.83 bits per heavy atom. The van der Waals surface area contributed by atoms with Crippen molar-refractivity contribution in [1.82, 2.24) is 10.3 Å². The van der Waals surface area contributed by atoms with Crippen LogP contribution >= 0.6 is 23.4 Å². The number of hydrazone groups is 1. The summed E-state index contributed by atoms with van der Waals surface area (Å²) in [4.78, 5) is 23.5. The van der Waals surface area contributed by atoms with Gasteiger partial charge >= 0.3 is 0 Å². The van der Waals surface area contributed by atoms with Crippen LogP contribution in [0.15, 0.2) is 47.6 Å². The highest BCUT2D eigenvalue weighted by molar-refractivity contribution is 8.14. The molecule has 0 aliphatic carbocycles. The van der Waals surface area contributed by atoms with Gasteiger partial charge in [0.05, 0.1) is 0 Å². The first kappa shape index (κ1) is 22.0. The Morgan fingerprint density at radius 1 is 1.13 bits per heavy atom. The Labute approximate surface area is 184 Å². The largest absolute Gasteiger partial charge is 0.490 e. The van der Waals surface area contributed by atoms with Crippen LogP contribution in [0.4, 0.5) is 0 Å². The molecule has 0 bridgehead atoms. The van der Waals surface area contributed by atoms with Crippen molar-refractivity contribution in [3.8, 4) is 11.5 Å². The molecule has 0 radical (unpaired) electrons. The van der Waals surface area contributed by atoms with Gasteiger partial charge in [0.2, 0.25) is 11.8 Å². The Hall–Kier alpha value is -2.71. The third kappa shape index (κ3) is 5.67. The second-order valence-electron chi connectivity index (χ2n) is 6.61. The predicted molar refractivity (Wildman–Crippen MR) is 118 cm³/mol. The maximum absolute atomic E-state index is 12.1. The number of hydrogen-bond donors (Lipinski definition) is 1. The van der Waals surface area contributed by atoms with E-state index in [4.69, 9.17) is 21.1 Å². The molecule has 0 aromatic heterocycles. The summed E-state index contributed by atoms with van der Waals surface area (Å²) in [6.07, 6.45) is 0. The summed E-state index contributed by atoms with van der Waals surface area (Å²) in [6, 6.07) is 12.9. The third-order valence-corrected chi connectivity index (χ3v) is 5.44. The molecule has 2 aromatic rings. The van der Waals surface area contributed by atoms with Crippen LogP contribution in [0.5, 0.6) is 11.5 Å². The quantitative estimate of drug-likeness (QED) is 0.674. The van der Waals surface area contributed by atoms with Gasteiger partial charge in [-0.2, -0.15) is 0 Å². The summed E-state index contributed by atoms with van der Waals surface area (Å²) in [7, 11) is 0. The van der Waals surface area contributed by atoms with E-state index >= 15 is 0 Å². The molecule has 3 rings (SSSR count). The Balaban J connectivity index is 1.70. The van der Waals surface area contributed by atoms with Gasteiger partial charge in [-0.15, -0.1) is 5.10 Å². The smallest absolute Gasteiger partial charge is 0.241 e. The van der Waals surface area contributed by atoms with E-state index in [-0.39, 0.29) is 11.8 Å². The summed E-state index contributed by atoms with van der Waals surface area (Å²) in [5.41, 5.74) is 1.82. The van der Waals surface area contributed by atoms with Crippen molar-refractivity contribution in [2.24, 2.45) is 5.10 Å². The molecule has 1 aliphatic rings. The number of amidine groups is 1. The molecule has 2 aromatic carbocycles. The van der Waals surface area contributed by atoms with E-state index in [0.29, 0.717) is 34.9 Å². The zero-order chi connectivity index (χ0) is 21.7. The molecule has 158 valence electrons. The molecule has 7 nitrogen and oxygen atoms in total. The summed E-state index contributed by atoms with van der Waals surface area (Å²) in [5, 5.41) is 8.82. The molecule has 9 heteroatoms. The zero-order valence-electron chi connectivity index (χ0n) is 16.8. The van der Waals surface area contributed by atoms with Crippen LogP contribution in [0.1, 0.15) is 30.3 Å². The average molecular weight is 448 g/mol. The van der Waals surface area contributed by atoms with Crippen LogP contribution in [-0.4, -0.2) is 35.2 Å². The lowest BCUT2D eigenvalue weighted by atomic mass is 10.1. The second-order valence-corrected chi connectivity index (χ2v) is 8.12. The van der Waals surface area contributed by atoms with Gasteiger partial charge in [0, 0.05) is 24.4 Å². The van der Waals surface area contributed by atoms with Crippen molar-refractivity contribution < 1.29 is 19.1 Å². The maximum Gasteiger partial charge on any atom is 0.241 e. The Morgan fingerprint density at radius 3 is 2.50 bits per heavy atom. The predicted octanol–water partition coefficient (Wildman–Crippen LogP) is 4.11. The fourth-order valence-electron chi connectivity index (χ4n) is 2.80. The van der Waals surface area contributed by atoms with Crippen LogP contribution in [-0.2, 0) is 9.59 Å². The molecule has 1 N–H and O–H groups in total. The SMILES string of the molecule is CC(=O)NC1=NN(C(C)=O)[C@H](c2cc(C)ccc2OCCOc2ccc(Cl)cc2)S1. The maximum atomic E-state index is 12.1. The molecule has 0 saturated heterocycles. The van der Waals surface area contributed by atoms with Gasteiger partial charge in [-0.25, -0.2) is 5.01 Å². The number of benzene rings is 2. The Kier molecular flexibility index (Phi) is 7.23. The number of nitrogens with zero attached hydrogens (tertiary/aromatic N) is 2. The molecule has 30 heavy (non-hydrogen) atoms. The number of ether oxygens (including phenoxy) is 2. The van der Waals surface area contributed by atoms with Crippen molar-refractivity contribution in [3.63, 3.8) is 0 Å². The van der Waals surface area contributed by atoms with E-state index in [1.165, 1.54) is 30.6 Å². The molecular formula is C21H22ClN3O4S. The minimum absolute atomic E-state index is 0.230. The summed E-state index contributed by atoms with van der Waals surface area (Å²) >= 11 is 7.16. The van der Waals surface area contributed by atoms with E-state index in [1.807, 2.05) is 25.1 Å². The molecule has 1 aliphatic heterocycles. The minimum atomic E-state index is -0.434. The van der Waals surface area contributed by atoms with Gasteiger partial charge in [-0.1, -0.05) is 35.0 Å². The number of hydrogen-bond acceptors (Lipinski definition) is 6. The number of carbonyl (C=O) groups excluding carboxylic acids is 2. The van der Waals surface area contributed by atoms with Crippen molar-refractivity contribution in [2.45, 2.75) is 26.1 Å². The number of halogens is 1. The normalized spacial score (nSPS) is 15.5. The van der Waals surface area contributed by atoms with Crippen molar-refractivity contribution >= 4 is 40.3 Å². The van der Waals surface area contributed by atoms with Gasteiger partial charge in [0.15, 0.2) is 5.17 Å². The summed E-state index contributed by atoms with van der Waals surface area (Å²) in [6.45, 7) is 5.46. The number of rotatable bonds is 6. The number of thioether (sulfide) groups is 1. The lowest BCUT2D eigenvalue weighted by Crippen LogP contribution is -2.25. The Bertz CT molecular complexity index is 965. The topological polar surface area (TPSA) is 80.2 Å². The van der Waals surface area contributed by atoms with E-state index in [1.54, 1.807) is 24.3 Å². The summed E-state index contributed by atoms with van der Waals surface area (Å²) < 4.78 is 11.6. The molecule has 2 amide bonds. The number of carbonyl (C=O) groups is 2. The van der Waals surface area contributed by atoms with E-state index < -0.39 is 5.37 Å². The zero-order valence-corrected chi connectivity index (χ0v) is 18.4. The van der Waals surface area contributed by atoms with Crippen molar-refractivity contribution in [3.05, 3.63) is 58.6 Å². The molecule has 1 atom stereocenters. The first-order valence-electron chi connectivity index (χ1n) is 9.28. The molecule has 0 saturated carbocycles. The standard InChI is InChI=1S/C21H22ClN3O4S/c1-13-4-9-19(29-11-10-28-17-7-5-16(22)6-8-17)18(12-13)20-25(15(3)27)24-21(30-20)23-14(2)26/h4-9,12,20H,10-11H2,1-3H3,(H,23,24,26)/t20-/m0/s1. The molecule has 1 heterocycles. The van der Waals surface area contributed by atoms with Gasteiger partial charge in [-0.05, 0) is 43.3 Å². The van der Waals surface area contributed by atoms with Crippen LogP contribution in [0, 0.1) is 6.92 Å². The molecule has 0 unspecified atom stereocenters. The first-order valence-corrected chi connectivity index (χ1v) is 10.5. The molecular weight excluding hydrogens is 426 g/mol.